The van der Waals surface area contributed by atoms with Gasteiger partial charge in [-0.1, -0.05) is 41.9 Å². The monoisotopic (exact) mass is 381 g/mol. The van der Waals surface area contributed by atoms with Crippen molar-refractivity contribution in [1.82, 2.24) is 5.43 Å². The molecule has 123 valence electrons. The van der Waals surface area contributed by atoms with E-state index in [0.29, 0.717) is 21.9 Å². The Hall–Kier alpha value is -1.75. The predicted molar refractivity (Wildman–Crippen MR) is 96.5 cm³/mol. The van der Waals surface area contributed by atoms with Gasteiger partial charge in [-0.05, 0) is 33.5 Å². The van der Waals surface area contributed by atoms with Crippen molar-refractivity contribution in [3.05, 3.63) is 76.7 Å². The minimum Gasteiger partial charge on any atom is -0.366 e. The Balaban J connectivity index is 1.86. The second-order valence-corrected chi connectivity index (χ2v) is 6.61. The van der Waals surface area contributed by atoms with Gasteiger partial charge in [0.15, 0.2) is 0 Å². The zero-order valence-electron chi connectivity index (χ0n) is 12.4. The molecular formula is C17H14Cl3N3O+. The number of hydrazone groups is 1. The van der Waals surface area contributed by atoms with Gasteiger partial charge in [0.25, 0.3) is 11.8 Å². The van der Waals surface area contributed by atoms with Crippen LogP contribution >= 0.6 is 35.0 Å². The van der Waals surface area contributed by atoms with Crippen LogP contribution in [0, 0.1) is 6.42 Å². The maximum atomic E-state index is 11.6. The standard InChI is InChI=1S/C17H13Cl3N3O/c18-12-7-5-10(6-8-12)16-15(19)14(23(20)22-16)9-11-3-1-2-4-13(11)17(21)24/h1-9,15-16,22H,(H-,21,24)/p+1. The van der Waals surface area contributed by atoms with Gasteiger partial charge in [-0.2, -0.15) is 5.43 Å². The summed E-state index contributed by atoms with van der Waals surface area (Å²) in [7, 11) is 0. The third-order valence-corrected chi connectivity index (χ3v) is 4.83. The van der Waals surface area contributed by atoms with Crippen LogP contribution in [0.2, 0.25) is 5.02 Å². The van der Waals surface area contributed by atoms with Gasteiger partial charge in [0.05, 0.1) is 6.42 Å². The molecule has 24 heavy (non-hydrogen) atoms. The van der Waals surface area contributed by atoms with Crippen LogP contribution in [0.15, 0.2) is 48.5 Å². The molecule has 3 rings (SSSR count). The van der Waals surface area contributed by atoms with Gasteiger partial charge < -0.3 is 5.73 Å². The number of halogens is 3. The van der Waals surface area contributed by atoms with Crippen molar-refractivity contribution in [2.75, 3.05) is 0 Å². The highest BCUT2D eigenvalue weighted by atomic mass is 35.5. The average molecular weight is 383 g/mol. The van der Waals surface area contributed by atoms with Crippen molar-refractivity contribution in [1.29, 1.82) is 0 Å². The summed E-state index contributed by atoms with van der Waals surface area (Å²) in [5, 5.41) is 0.223. The van der Waals surface area contributed by atoms with Crippen LogP contribution in [0.25, 0.3) is 0 Å². The zero-order valence-corrected chi connectivity index (χ0v) is 14.7. The van der Waals surface area contributed by atoms with E-state index in [2.05, 4.69) is 5.43 Å². The molecule has 0 saturated carbocycles. The number of alkyl halides is 1. The summed E-state index contributed by atoms with van der Waals surface area (Å²) in [6, 6.07) is 14.2. The minimum atomic E-state index is -0.505. The topological polar surface area (TPSA) is 58.1 Å². The minimum absolute atomic E-state index is 0.214. The number of carbonyl (C=O) groups is 1. The smallest absolute Gasteiger partial charge is 0.295 e. The zero-order chi connectivity index (χ0) is 17.3. The molecule has 1 aliphatic rings. The number of nitrogens with two attached hydrogens (primary N) is 1. The highest BCUT2D eigenvalue weighted by Gasteiger charge is 2.42. The summed E-state index contributed by atoms with van der Waals surface area (Å²) < 4.78 is 1.34. The van der Waals surface area contributed by atoms with Gasteiger partial charge in [-0.25, -0.2) is 0 Å². The molecular weight excluding hydrogens is 369 g/mol. The van der Waals surface area contributed by atoms with Crippen LogP contribution in [0.4, 0.5) is 0 Å². The van der Waals surface area contributed by atoms with Gasteiger partial charge in [-0.15, -0.1) is 11.6 Å². The van der Waals surface area contributed by atoms with Crippen LogP contribution in [0.3, 0.4) is 0 Å². The Morgan fingerprint density at radius 2 is 1.83 bits per heavy atom. The fourth-order valence-corrected chi connectivity index (χ4v) is 3.40. The molecule has 3 N–H and O–H groups in total. The Kier molecular flexibility index (Phi) is 4.99. The Morgan fingerprint density at radius 1 is 1.17 bits per heavy atom. The van der Waals surface area contributed by atoms with E-state index in [9.17, 15) is 4.79 Å². The van der Waals surface area contributed by atoms with Crippen molar-refractivity contribution in [3.8, 4) is 0 Å². The lowest BCUT2D eigenvalue weighted by molar-refractivity contribution is -0.440. The molecule has 4 nitrogen and oxygen atoms in total. The predicted octanol–water partition coefficient (Wildman–Crippen LogP) is 3.47. The van der Waals surface area contributed by atoms with Crippen LogP contribution in [-0.4, -0.2) is 21.2 Å². The Morgan fingerprint density at radius 3 is 2.50 bits per heavy atom. The second-order valence-electron chi connectivity index (χ2n) is 5.36. The van der Waals surface area contributed by atoms with Crippen molar-refractivity contribution in [3.63, 3.8) is 0 Å². The quantitative estimate of drug-likeness (QED) is 0.628. The fraction of sp³-hybridized carbons (Fsp3) is 0.118. The van der Waals surface area contributed by atoms with E-state index in [4.69, 9.17) is 40.7 Å². The summed E-state index contributed by atoms with van der Waals surface area (Å²) in [5.74, 6) is -0.505. The van der Waals surface area contributed by atoms with Crippen molar-refractivity contribution in [2.24, 2.45) is 5.73 Å². The van der Waals surface area contributed by atoms with Crippen LogP contribution in [0.5, 0.6) is 0 Å². The molecule has 7 heteroatoms. The number of primary amides is 1. The summed E-state index contributed by atoms with van der Waals surface area (Å²) in [4.78, 5) is 11.6. The van der Waals surface area contributed by atoms with E-state index < -0.39 is 11.3 Å². The highest BCUT2D eigenvalue weighted by Crippen LogP contribution is 2.30. The summed E-state index contributed by atoms with van der Waals surface area (Å²) >= 11 is 18.8. The van der Waals surface area contributed by atoms with Crippen LogP contribution in [-0.2, 0) is 0 Å². The molecule has 1 amide bonds. The lowest BCUT2D eigenvalue weighted by Gasteiger charge is -2.11. The Labute approximate surface area is 154 Å². The third-order valence-electron chi connectivity index (χ3n) is 3.81. The molecule has 1 heterocycles. The number of hydrogen-bond donors (Lipinski definition) is 2. The summed E-state index contributed by atoms with van der Waals surface area (Å²) in [6.07, 6.45) is 1.76. The highest BCUT2D eigenvalue weighted by molar-refractivity contribution is 6.35. The van der Waals surface area contributed by atoms with E-state index >= 15 is 0 Å². The van der Waals surface area contributed by atoms with Gasteiger partial charge in [0, 0.05) is 10.6 Å². The second kappa shape index (κ2) is 7.01. The molecule has 2 aromatic rings. The van der Waals surface area contributed by atoms with Gasteiger partial charge in [-0.3, -0.25) is 4.79 Å². The summed E-state index contributed by atoms with van der Waals surface area (Å²) in [6.45, 7) is 0. The molecule has 0 fully saturated rings. The first-order chi connectivity index (χ1) is 11.5. The molecule has 2 aromatic carbocycles. The fourth-order valence-electron chi connectivity index (χ4n) is 2.60. The molecule has 0 aromatic heterocycles. The number of hydrazine groups is 1. The van der Waals surface area contributed by atoms with E-state index in [-0.39, 0.29) is 6.04 Å². The van der Waals surface area contributed by atoms with Gasteiger partial charge >= 0.3 is 0 Å². The molecule has 0 bridgehead atoms. The number of nitrogens with one attached hydrogen (secondary N) is 1. The number of carbonyl (C=O) groups excluding carboxylic acids is 1. The normalized spacial score (nSPS) is 20.1. The van der Waals surface area contributed by atoms with Crippen LogP contribution in [0.1, 0.15) is 27.5 Å². The van der Waals surface area contributed by atoms with E-state index in [1.807, 2.05) is 18.2 Å². The first-order valence-corrected chi connectivity index (χ1v) is 8.34. The number of amides is 1. The van der Waals surface area contributed by atoms with E-state index in [1.165, 1.54) is 4.20 Å². The maximum Gasteiger partial charge on any atom is 0.295 e. The average Bonchev–Trinajstić information content (AvgIpc) is 2.84. The first kappa shape index (κ1) is 17.1. The Bertz CT molecular complexity index is 805. The molecule has 1 radical (unpaired) electrons. The lowest BCUT2D eigenvalue weighted by atomic mass is 9.96. The number of hydrogen-bond acceptors (Lipinski definition) is 2. The molecule has 1 aliphatic heterocycles. The van der Waals surface area contributed by atoms with Crippen LogP contribution < -0.4 is 11.2 Å². The summed E-state index contributed by atoms with van der Waals surface area (Å²) in [5.41, 5.74) is 11.2. The molecule has 2 atom stereocenters. The molecule has 0 saturated heterocycles. The molecule has 0 spiro atoms. The molecule has 0 aliphatic carbocycles. The SMILES string of the molecule is NC(=O)c1ccccc1[CH]C1=[N+](Cl)NC(c2ccc(Cl)cc2)C1Cl. The molecule has 2 unspecified atom stereocenters. The van der Waals surface area contributed by atoms with Crippen molar-refractivity contribution < 1.29 is 9.00 Å². The first-order valence-electron chi connectivity index (χ1n) is 7.19. The van der Waals surface area contributed by atoms with Gasteiger partial charge in [0.2, 0.25) is 11.6 Å². The largest absolute Gasteiger partial charge is 0.366 e. The lowest BCUT2D eigenvalue weighted by Crippen LogP contribution is -2.23. The maximum absolute atomic E-state index is 11.6. The number of nitrogens with zero attached hydrogens (tertiary/aromatic N) is 1. The number of benzene rings is 2. The van der Waals surface area contributed by atoms with E-state index in [0.717, 1.165) is 5.56 Å². The third kappa shape index (κ3) is 3.36. The van der Waals surface area contributed by atoms with Crippen molar-refractivity contribution in [2.45, 2.75) is 11.4 Å². The van der Waals surface area contributed by atoms with Crippen molar-refractivity contribution >= 4 is 46.6 Å². The van der Waals surface area contributed by atoms with Gasteiger partial charge in [0.1, 0.15) is 11.4 Å². The van der Waals surface area contributed by atoms with E-state index in [1.54, 1.807) is 36.8 Å². The number of rotatable bonds is 4.